The van der Waals surface area contributed by atoms with E-state index in [1.165, 1.54) is 6.20 Å². The van der Waals surface area contributed by atoms with Crippen molar-refractivity contribution in [3.63, 3.8) is 0 Å². The molecular weight excluding hydrogens is 462 g/mol. The number of nitrogens with zero attached hydrogens (tertiary/aromatic N) is 4. The third-order valence-electron chi connectivity index (χ3n) is 4.71. The number of fused-ring (bicyclic) bond motifs is 1. The summed E-state index contributed by atoms with van der Waals surface area (Å²) in [4.78, 5) is 21.0. The molecule has 0 aliphatic carbocycles. The highest BCUT2D eigenvalue weighted by molar-refractivity contribution is 7.91. The average molecular weight is 474 g/mol. The predicted octanol–water partition coefficient (Wildman–Crippen LogP) is 3.10. The van der Waals surface area contributed by atoms with Crippen LogP contribution in [-0.2, 0) is 30.3 Å². The Kier molecular flexibility index (Phi) is 5.62. The molecule has 1 aromatic carbocycles. The van der Waals surface area contributed by atoms with Gasteiger partial charge in [0.25, 0.3) is 10.6 Å². The van der Waals surface area contributed by atoms with Crippen molar-refractivity contribution < 1.29 is 22.1 Å². The SMILES string of the molecule is O=c1[nH]ncc(N2CCc3c(ncnc3[S@+]([O-])c3ccc(F)cc3C(F)(F)F)C2)c1Cl. The van der Waals surface area contributed by atoms with Crippen molar-refractivity contribution in [1.82, 2.24) is 20.2 Å². The monoisotopic (exact) mass is 473 g/mol. The minimum atomic E-state index is -4.89. The number of aromatic nitrogens is 4. The van der Waals surface area contributed by atoms with Crippen LogP contribution in [0.25, 0.3) is 0 Å². The molecule has 1 aliphatic heterocycles. The molecule has 162 valence electrons. The lowest BCUT2D eigenvalue weighted by Gasteiger charge is -2.30. The zero-order valence-electron chi connectivity index (χ0n) is 15.4. The van der Waals surface area contributed by atoms with Gasteiger partial charge >= 0.3 is 6.18 Å². The van der Waals surface area contributed by atoms with Crippen LogP contribution in [0.15, 0.2) is 45.4 Å². The molecule has 0 saturated carbocycles. The van der Waals surface area contributed by atoms with Crippen molar-refractivity contribution in [3.8, 4) is 0 Å². The fraction of sp³-hybridized carbons (Fsp3) is 0.222. The molecule has 1 aliphatic rings. The molecule has 3 heterocycles. The lowest BCUT2D eigenvalue weighted by molar-refractivity contribution is -0.140. The minimum absolute atomic E-state index is 0.0579. The molecule has 0 bridgehead atoms. The smallest absolute Gasteiger partial charge is 0.421 e. The number of aromatic amines is 1. The lowest BCUT2D eigenvalue weighted by atomic mass is 10.1. The van der Waals surface area contributed by atoms with E-state index in [2.05, 4.69) is 20.2 Å². The van der Waals surface area contributed by atoms with E-state index in [0.29, 0.717) is 29.6 Å². The average Bonchev–Trinajstić information content (AvgIpc) is 2.73. The Balaban J connectivity index is 1.72. The number of halogens is 5. The van der Waals surface area contributed by atoms with Crippen molar-refractivity contribution in [2.45, 2.75) is 29.1 Å². The van der Waals surface area contributed by atoms with Gasteiger partial charge in [-0.1, -0.05) is 11.6 Å². The lowest BCUT2D eigenvalue weighted by Crippen LogP contribution is -2.34. The fourth-order valence-corrected chi connectivity index (χ4v) is 4.85. The first-order valence-corrected chi connectivity index (χ1v) is 10.3. The van der Waals surface area contributed by atoms with Gasteiger partial charge in [-0.05, 0) is 24.6 Å². The second-order valence-electron chi connectivity index (χ2n) is 6.58. The molecule has 0 fully saturated rings. The van der Waals surface area contributed by atoms with Gasteiger partial charge in [-0.2, -0.15) is 23.3 Å². The van der Waals surface area contributed by atoms with Crippen LogP contribution in [0.3, 0.4) is 0 Å². The fourth-order valence-electron chi connectivity index (χ4n) is 3.27. The summed E-state index contributed by atoms with van der Waals surface area (Å²) >= 11 is 3.73. The standard InChI is InChI=1S/C18H12ClF4N5O2S/c19-15-13(6-26-27-16(15)29)28-4-3-10-12(7-28)24-8-25-17(10)31(30)14-2-1-9(20)5-11(14)18(21,22)23/h1-2,5-6,8H,3-4,7H2,(H,27,29)/t31-/m1/s1. The summed E-state index contributed by atoms with van der Waals surface area (Å²) in [6, 6.07) is 1.98. The molecule has 0 spiro atoms. The topological polar surface area (TPSA) is 97.8 Å². The summed E-state index contributed by atoms with van der Waals surface area (Å²) in [6.07, 6.45) is -2.17. The van der Waals surface area contributed by atoms with Gasteiger partial charge in [0.2, 0.25) is 0 Å². The normalized spacial score (nSPS) is 15.0. The maximum atomic E-state index is 13.4. The number of hydrogen-bond donors (Lipinski definition) is 1. The first-order chi connectivity index (χ1) is 14.7. The molecule has 1 N–H and O–H groups in total. The van der Waals surface area contributed by atoms with E-state index >= 15 is 0 Å². The van der Waals surface area contributed by atoms with Crippen molar-refractivity contribution in [2.24, 2.45) is 0 Å². The summed E-state index contributed by atoms with van der Waals surface area (Å²) in [5.41, 5.74) is -0.655. The van der Waals surface area contributed by atoms with E-state index in [1.807, 2.05) is 0 Å². The Morgan fingerprint density at radius 1 is 1.26 bits per heavy atom. The molecule has 0 unspecified atom stereocenters. The van der Waals surface area contributed by atoms with Crippen LogP contribution in [0.5, 0.6) is 0 Å². The quantitative estimate of drug-likeness (QED) is 0.356. The molecular formula is C18H12ClF4N5O2S. The van der Waals surface area contributed by atoms with Crippen molar-refractivity contribution in [2.75, 3.05) is 11.4 Å². The third kappa shape index (κ3) is 4.10. The van der Waals surface area contributed by atoms with E-state index in [4.69, 9.17) is 11.6 Å². The van der Waals surface area contributed by atoms with Crippen LogP contribution in [-0.4, -0.2) is 31.3 Å². The van der Waals surface area contributed by atoms with Gasteiger partial charge in [0, 0.05) is 17.7 Å². The van der Waals surface area contributed by atoms with Gasteiger partial charge in [0.05, 0.1) is 29.7 Å². The van der Waals surface area contributed by atoms with Gasteiger partial charge in [-0.25, -0.2) is 14.5 Å². The zero-order chi connectivity index (χ0) is 22.3. The largest absolute Gasteiger partial charge is 0.605 e. The number of H-pyrrole nitrogens is 1. The molecule has 0 amide bonds. The van der Waals surface area contributed by atoms with E-state index in [9.17, 15) is 26.9 Å². The first-order valence-electron chi connectivity index (χ1n) is 8.76. The van der Waals surface area contributed by atoms with Gasteiger partial charge in [0.15, 0.2) is 4.90 Å². The Bertz CT molecular complexity index is 1210. The van der Waals surface area contributed by atoms with Crippen LogP contribution in [0.4, 0.5) is 23.2 Å². The molecule has 31 heavy (non-hydrogen) atoms. The van der Waals surface area contributed by atoms with Crippen LogP contribution in [0, 0.1) is 5.82 Å². The van der Waals surface area contributed by atoms with Crippen LogP contribution >= 0.6 is 11.6 Å². The Labute approximate surface area is 180 Å². The third-order valence-corrected chi connectivity index (χ3v) is 6.53. The summed E-state index contributed by atoms with van der Waals surface area (Å²) in [7, 11) is 0. The van der Waals surface area contributed by atoms with Gasteiger partial charge in [0.1, 0.15) is 22.7 Å². The highest BCUT2D eigenvalue weighted by Gasteiger charge is 2.40. The molecule has 7 nitrogen and oxygen atoms in total. The Hall–Kier alpha value is -2.70. The predicted molar refractivity (Wildman–Crippen MR) is 103 cm³/mol. The van der Waals surface area contributed by atoms with E-state index in [1.54, 1.807) is 4.90 Å². The molecule has 2 aromatic heterocycles. The van der Waals surface area contributed by atoms with E-state index in [0.717, 1.165) is 18.5 Å². The molecule has 0 saturated heterocycles. The second-order valence-corrected chi connectivity index (χ2v) is 8.32. The van der Waals surface area contributed by atoms with Crippen molar-refractivity contribution >= 4 is 28.5 Å². The van der Waals surface area contributed by atoms with E-state index < -0.39 is 39.2 Å². The maximum Gasteiger partial charge on any atom is 0.421 e. The van der Waals surface area contributed by atoms with Crippen LogP contribution in [0.1, 0.15) is 16.8 Å². The van der Waals surface area contributed by atoms with Gasteiger partial charge < -0.3 is 9.45 Å². The summed E-state index contributed by atoms with van der Waals surface area (Å²) in [6.45, 7) is 0.466. The van der Waals surface area contributed by atoms with Crippen molar-refractivity contribution in [1.29, 1.82) is 0 Å². The Morgan fingerprint density at radius 3 is 2.77 bits per heavy atom. The highest BCUT2D eigenvalue weighted by Crippen LogP contribution is 2.38. The highest BCUT2D eigenvalue weighted by atomic mass is 35.5. The van der Waals surface area contributed by atoms with Crippen LogP contribution in [0.2, 0.25) is 5.02 Å². The van der Waals surface area contributed by atoms with Gasteiger partial charge in [-0.15, -0.1) is 0 Å². The molecule has 1 atom stereocenters. The first kappa shape index (κ1) is 21.5. The number of nitrogens with one attached hydrogen (secondary N) is 1. The van der Waals surface area contributed by atoms with Crippen molar-refractivity contribution in [3.05, 3.63) is 68.7 Å². The number of anilines is 1. The number of alkyl halides is 3. The maximum absolute atomic E-state index is 13.4. The number of benzene rings is 1. The second kappa shape index (κ2) is 8.09. The van der Waals surface area contributed by atoms with Gasteiger partial charge in [-0.3, -0.25) is 4.79 Å². The summed E-state index contributed by atoms with van der Waals surface area (Å²) in [5, 5.41) is 5.80. The molecule has 3 aromatic rings. The minimum Gasteiger partial charge on any atom is -0.605 e. The summed E-state index contributed by atoms with van der Waals surface area (Å²) < 4.78 is 66.6. The number of rotatable bonds is 3. The molecule has 13 heteroatoms. The Morgan fingerprint density at radius 2 is 2.03 bits per heavy atom. The van der Waals surface area contributed by atoms with E-state index in [-0.39, 0.29) is 23.0 Å². The zero-order valence-corrected chi connectivity index (χ0v) is 17.0. The summed E-state index contributed by atoms with van der Waals surface area (Å²) in [5.74, 6) is -1.09. The molecule has 0 radical (unpaired) electrons. The van der Waals surface area contributed by atoms with Crippen LogP contribution < -0.4 is 10.5 Å². The number of hydrogen-bond acceptors (Lipinski definition) is 6. The molecule has 4 rings (SSSR count).